The van der Waals surface area contributed by atoms with Crippen molar-refractivity contribution in [3.05, 3.63) is 24.3 Å². The Balaban J connectivity index is 1.87. The molecular weight excluding hydrogens is 400 g/mol. The zero-order valence-corrected chi connectivity index (χ0v) is 16.7. The molecular formula is C18H20N4O6S. The Morgan fingerprint density at radius 2 is 2.00 bits per heavy atom. The van der Waals surface area contributed by atoms with E-state index in [2.05, 4.69) is 15.3 Å². The number of benzene rings is 1. The van der Waals surface area contributed by atoms with Crippen LogP contribution in [0.4, 0.5) is 4.79 Å². The number of nitrogens with zero attached hydrogens (tertiary/aromatic N) is 2. The van der Waals surface area contributed by atoms with Crippen molar-refractivity contribution in [2.45, 2.75) is 4.90 Å². The summed E-state index contributed by atoms with van der Waals surface area (Å²) in [4.78, 5) is 19.2. The standard InChI is InChI=1S/C18H20N4O6S/c1-19-18(23)28-17-16-13(10-15(21-17)26-2)12-9-11(3-4-14(12)20-16)29(24,25)22-5-7-27-8-6-22/h3-4,9-10,20H,5-8H2,1-2H3,(H,19,23). The molecule has 1 aliphatic rings. The van der Waals surface area contributed by atoms with E-state index in [1.54, 1.807) is 24.3 Å². The molecule has 0 bridgehead atoms. The van der Waals surface area contributed by atoms with Crippen LogP contribution in [-0.4, -0.2) is 69.2 Å². The average Bonchev–Trinajstić information content (AvgIpc) is 3.12. The molecule has 29 heavy (non-hydrogen) atoms. The van der Waals surface area contributed by atoms with Gasteiger partial charge in [0.1, 0.15) is 5.52 Å². The van der Waals surface area contributed by atoms with Crippen molar-refractivity contribution in [3.63, 3.8) is 0 Å². The molecule has 11 heteroatoms. The number of aromatic amines is 1. The van der Waals surface area contributed by atoms with Gasteiger partial charge in [-0.3, -0.25) is 0 Å². The molecule has 2 aromatic heterocycles. The molecule has 1 aromatic carbocycles. The Labute approximate surface area is 166 Å². The van der Waals surface area contributed by atoms with Gasteiger partial charge in [0, 0.05) is 42.5 Å². The van der Waals surface area contributed by atoms with Crippen molar-refractivity contribution in [2.75, 3.05) is 40.5 Å². The van der Waals surface area contributed by atoms with Crippen LogP contribution in [0.15, 0.2) is 29.2 Å². The van der Waals surface area contributed by atoms with Gasteiger partial charge in [-0.25, -0.2) is 13.2 Å². The van der Waals surface area contributed by atoms with Crippen LogP contribution in [0.5, 0.6) is 11.8 Å². The number of carbonyl (C=O) groups is 1. The van der Waals surface area contributed by atoms with E-state index >= 15 is 0 Å². The quantitative estimate of drug-likeness (QED) is 0.655. The molecule has 1 aliphatic heterocycles. The normalized spacial score (nSPS) is 15.5. The summed E-state index contributed by atoms with van der Waals surface area (Å²) < 4.78 is 43.1. The van der Waals surface area contributed by atoms with Crippen molar-refractivity contribution in [3.8, 4) is 11.8 Å². The van der Waals surface area contributed by atoms with Gasteiger partial charge in [0.25, 0.3) is 5.88 Å². The molecule has 2 N–H and O–H groups in total. The van der Waals surface area contributed by atoms with Gasteiger partial charge in [-0.1, -0.05) is 0 Å². The van der Waals surface area contributed by atoms with Gasteiger partial charge in [0.2, 0.25) is 15.9 Å². The lowest BCUT2D eigenvalue weighted by Gasteiger charge is -2.26. The lowest BCUT2D eigenvalue weighted by atomic mass is 10.2. The zero-order valence-electron chi connectivity index (χ0n) is 15.9. The highest BCUT2D eigenvalue weighted by molar-refractivity contribution is 7.89. The lowest BCUT2D eigenvalue weighted by molar-refractivity contribution is 0.0730. The smallest absolute Gasteiger partial charge is 0.413 e. The Bertz CT molecular complexity index is 1180. The lowest BCUT2D eigenvalue weighted by Crippen LogP contribution is -2.40. The highest BCUT2D eigenvalue weighted by Gasteiger charge is 2.27. The number of nitrogens with one attached hydrogen (secondary N) is 2. The summed E-state index contributed by atoms with van der Waals surface area (Å²) in [7, 11) is -0.768. The summed E-state index contributed by atoms with van der Waals surface area (Å²) in [5, 5.41) is 3.64. The second-order valence-electron chi connectivity index (χ2n) is 6.38. The number of methoxy groups -OCH3 is 1. The third kappa shape index (κ3) is 3.48. The molecule has 1 amide bonds. The van der Waals surface area contributed by atoms with Crippen molar-refractivity contribution in [1.82, 2.24) is 19.6 Å². The highest BCUT2D eigenvalue weighted by Crippen LogP contribution is 2.35. The SMILES string of the molecule is CNC(=O)Oc1nc(OC)cc2c1[nH]c1ccc(S(=O)(=O)N3CCOCC3)cc12. The Kier molecular flexibility index (Phi) is 5.03. The van der Waals surface area contributed by atoms with Gasteiger partial charge in [0.15, 0.2) is 0 Å². The van der Waals surface area contributed by atoms with Gasteiger partial charge in [0.05, 0.1) is 25.2 Å². The van der Waals surface area contributed by atoms with Crippen molar-refractivity contribution >= 4 is 37.9 Å². The number of pyridine rings is 1. The molecule has 1 fully saturated rings. The van der Waals surface area contributed by atoms with Gasteiger partial charge in [-0.15, -0.1) is 0 Å². The van der Waals surface area contributed by atoms with Crippen LogP contribution in [0.2, 0.25) is 0 Å². The van der Waals surface area contributed by atoms with E-state index in [0.29, 0.717) is 48.1 Å². The maximum atomic E-state index is 13.0. The number of fused-ring (bicyclic) bond motifs is 3. The van der Waals surface area contributed by atoms with Crippen molar-refractivity contribution in [1.29, 1.82) is 0 Å². The molecule has 0 aliphatic carbocycles. The number of H-pyrrole nitrogens is 1. The monoisotopic (exact) mass is 420 g/mol. The van der Waals surface area contributed by atoms with Gasteiger partial charge in [-0.2, -0.15) is 9.29 Å². The predicted octanol–water partition coefficient (Wildman–Crippen LogP) is 1.46. The number of carbonyl (C=O) groups excluding carboxylic acids is 1. The maximum Gasteiger partial charge on any atom is 0.413 e. The molecule has 3 aromatic rings. The largest absolute Gasteiger partial charge is 0.481 e. The van der Waals surface area contributed by atoms with Crippen LogP contribution in [-0.2, 0) is 14.8 Å². The number of hydrogen-bond donors (Lipinski definition) is 2. The average molecular weight is 420 g/mol. The molecule has 0 radical (unpaired) electrons. The fourth-order valence-corrected chi connectivity index (χ4v) is 4.67. The van der Waals surface area contributed by atoms with Crippen LogP contribution in [0, 0.1) is 0 Å². The number of rotatable bonds is 4. The van der Waals surface area contributed by atoms with E-state index in [0.717, 1.165) is 0 Å². The first-order valence-electron chi connectivity index (χ1n) is 8.92. The minimum absolute atomic E-state index is 0.0347. The zero-order chi connectivity index (χ0) is 20.6. The number of amides is 1. The molecule has 0 atom stereocenters. The minimum atomic E-state index is -3.65. The summed E-state index contributed by atoms with van der Waals surface area (Å²) in [6.45, 7) is 1.38. The van der Waals surface area contributed by atoms with Gasteiger partial charge < -0.3 is 24.5 Å². The predicted molar refractivity (Wildman–Crippen MR) is 105 cm³/mol. The molecule has 1 saturated heterocycles. The maximum absolute atomic E-state index is 13.0. The molecule has 3 heterocycles. The van der Waals surface area contributed by atoms with Gasteiger partial charge in [-0.05, 0) is 18.2 Å². The van der Waals surface area contributed by atoms with Crippen LogP contribution in [0.3, 0.4) is 0 Å². The molecule has 10 nitrogen and oxygen atoms in total. The second kappa shape index (κ2) is 7.50. The summed E-state index contributed by atoms with van der Waals surface area (Å²) in [6.07, 6.45) is -0.679. The van der Waals surface area contributed by atoms with Crippen molar-refractivity contribution < 1.29 is 27.4 Å². The molecule has 4 rings (SSSR count). The fourth-order valence-electron chi connectivity index (χ4n) is 3.24. The fraction of sp³-hybridized carbons (Fsp3) is 0.333. The summed E-state index contributed by atoms with van der Waals surface area (Å²) >= 11 is 0. The van der Waals surface area contributed by atoms with Crippen LogP contribution >= 0.6 is 0 Å². The molecule has 0 unspecified atom stereocenters. The highest BCUT2D eigenvalue weighted by atomic mass is 32.2. The van der Waals surface area contributed by atoms with E-state index < -0.39 is 16.1 Å². The second-order valence-corrected chi connectivity index (χ2v) is 8.32. The van der Waals surface area contributed by atoms with Crippen LogP contribution < -0.4 is 14.8 Å². The van der Waals surface area contributed by atoms with E-state index in [1.807, 2.05) is 0 Å². The molecule has 0 spiro atoms. The first-order valence-corrected chi connectivity index (χ1v) is 10.4. The molecule has 154 valence electrons. The number of ether oxygens (including phenoxy) is 3. The third-order valence-corrected chi connectivity index (χ3v) is 6.61. The summed E-state index contributed by atoms with van der Waals surface area (Å²) in [5.41, 5.74) is 1.14. The van der Waals surface area contributed by atoms with E-state index in [1.165, 1.54) is 18.5 Å². The number of sulfonamides is 1. The Hall–Kier alpha value is -2.89. The van der Waals surface area contributed by atoms with E-state index in [-0.39, 0.29) is 16.7 Å². The number of morpholine rings is 1. The van der Waals surface area contributed by atoms with E-state index in [4.69, 9.17) is 14.2 Å². The topological polar surface area (TPSA) is 123 Å². The summed E-state index contributed by atoms with van der Waals surface area (Å²) in [5.74, 6) is 0.270. The third-order valence-electron chi connectivity index (χ3n) is 4.71. The summed E-state index contributed by atoms with van der Waals surface area (Å²) in [6, 6.07) is 6.49. The molecule has 0 saturated carbocycles. The van der Waals surface area contributed by atoms with Crippen molar-refractivity contribution in [2.24, 2.45) is 0 Å². The van der Waals surface area contributed by atoms with Crippen LogP contribution in [0.1, 0.15) is 0 Å². The number of aromatic nitrogens is 2. The van der Waals surface area contributed by atoms with Crippen LogP contribution in [0.25, 0.3) is 21.8 Å². The Morgan fingerprint density at radius 3 is 2.69 bits per heavy atom. The first kappa shape index (κ1) is 19.4. The minimum Gasteiger partial charge on any atom is -0.481 e. The number of hydrogen-bond acceptors (Lipinski definition) is 7. The first-order chi connectivity index (χ1) is 13.9. The van der Waals surface area contributed by atoms with Gasteiger partial charge >= 0.3 is 6.09 Å². The van der Waals surface area contributed by atoms with E-state index in [9.17, 15) is 13.2 Å². The Morgan fingerprint density at radius 1 is 1.24 bits per heavy atom.